The van der Waals surface area contributed by atoms with Gasteiger partial charge in [-0.25, -0.2) is 14.1 Å². The molecule has 0 radical (unpaired) electrons. The maximum Gasteiger partial charge on any atom is 0.171 e. The van der Waals surface area contributed by atoms with Crippen LogP contribution in [0.3, 0.4) is 0 Å². The van der Waals surface area contributed by atoms with Gasteiger partial charge in [0.05, 0.1) is 12.3 Å². The van der Waals surface area contributed by atoms with Crippen LogP contribution in [0, 0.1) is 19.7 Å². The minimum atomic E-state index is -0.294. The van der Waals surface area contributed by atoms with Crippen LogP contribution < -0.4 is 10.5 Å². The third-order valence-corrected chi connectivity index (χ3v) is 3.90. The molecule has 2 heterocycles. The average molecular weight is 383 g/mol. The van der Waals surface area contributed by atoms with Crippen LogP contribution >= 0.6 is 0 Å². The first kappa shape index (κ1) is 19.3. The number of rotatable bonds is 8. The SMILES string of the molecule is Cc1cc(C)n(-c2ccc(C(N)=NOCCCOc3ccc(F)cc3)cn2)n1. The van der Waals surface area contributed by atoms with E-state index in [-0.39, 0.29) is 11.7 Å². The number of benzene rings is 1. The molecule has 0 aliphatic carbocycles. The molecule has 28 heavy (non-hydrogen) atoms. The van der Waals surface area contributed by atoms with E-state index in [1.165, 1.54) is 12.1 Å². The Morgan fingerprint density at radius 2 is 1.93 bits per heavy atom. The summed E-state index contributed by atoms with van der Waals surface area (Å²) in [5.74, 6) is 1.27. The lowest BCUT2D eigenvalue weighted by atomic mass is 10.2. The molecule has 1 aromatic carbocycles. The average Bonchev–Trinajstić information content (AvgIpc) is 3.04. The van der Waals surface area contributed by atoms with Crippen molar-refractivity contribution in [1.29, 1.82) is 0 Å². The van der Waals surface area contributed by atoms with Crippen molar-refractivity contribution in [1.82, 2.24) is 14.8 Å². The first-order chi connectivity index (χ1) is 13.5. The monoisotopic (exact) mass is 383 g/mol. The van der Waals surface area contributed by atoms with Gasteiger partial charge in [0.25, 0.3) is 0 Å². The van der Waals surface area contributed by atoms with Crippen LogP contribution in [-0.4, -0.2) is 33.8 Å². The number of oxime groups is 1. The molecule has 0 aliphatic heterocycles. The van der Waals surface area contributed by atoms with E-state index in [0.29, 0.717) is 36.8 Å². The van der Waals surface area contributed by atoms with Crippen LogP contribution in [-0.2, 0) is 4.84 Å². The Hall–Kier alpha value is -3.42. The van der Waals surface area contributed by atoms with Gasteiger partial charge in [-0.2, -0.15) is 5.10 Å². The summed E-state index contributed by atoms with van der Waals surface area (Å²) >= 11 is 0. The van der Waals surface area contributed by atoms with E-state index in [0.717, 1.165) is 11.4 Å². The summed E-state index contributed by atoms with van der Waals surface area (Å²) < 4.78 is 20.0. The molecule has 0 spiro atoms. The number of aryl methyl sites for hydroxylation is 2. The predicted octanol–water partition coefficient (Wildman–Crippen LogP) is 3.13. The number of hydrogen-bond acceptors (Lipinski definition) is 5. The van der Waals surface area contributed by atoms with E-state index in [1.54, 1.807) is 23.0 Å². The van der Waals surface area contributed by atoms with Gasteiger partial charge in [0.15, 0.2) is 11.7 Å². The highest BCUT2D eigenvalue weighted by Gasteiger charge is 2.06. The van der Waals surface area contributed by atoms with Crippen LogP contribution in [0.2, 0.25) is 0 Å². The second kappa shape index (κ2) is 8.98. The molecule has 7 nitrogen and oxygen atoms in total. The lowest BCUT2D eigenvalue weighted by Gasteiger charge is -2.06. The van der Waals surface area contributed by atoms with Crippen molar-refractivity contribution in [2.45, 2.75) is 20.3 Å². The van der Waals surface area contributed by atoms with Crippen molar-refractivity contribution >= 4 is 5.84 Å². The Morgan fingerprint density at radius 1 is 1.14 bits per heavy atom. The number of halogens is 1. The normalized spacial score (nSPS) is 11.5. The number of nitrogens with two attached hydrogens (primary N) is 1. The van der Waals surface area contributed by atoms with E-state index in [2.05, 4.69) is 15.2 Å². The molecule has 3 aromatic rings. The summed E-state index contributed by atoms with van der Waals surface area (Å²) in [4.78, 5) is 9.60. The van der Waals surface area contributed by atoms with Crippen molar-refractivity contribution in [3.63, 3.8) is 0 Å². The van der Waals surface area contributed by atoms with Crippen LogP contribution in [0.4, 0.5) is 4.39 Å². The number of pyridine rings is 1. The Balaban J connectivity index is 1.45. The highest BCUT2D eigenvalue weighted by Crippen LogP contribution is 2.12. The number of nitrogens with zero attached hydrogens (tertiary/aromatic N) is 4. The minimum Gasteiger partial charge on any atom is -0.493 e. The second-order valence-electron chi connectivity index (χ2n) is 6.21. The Kier molecular flexibility index (Phi) is 6.21. The molecule has 3 rings (SSSR count). The minimum absolute atomic E-state index is 0.242. The molecule has 0 unspecified atom stereocenters. The van der Waals surface area contributed by atoms with E-state index in [4.69, 9.17) is 15.3 Å². The van der Waals surface area contributed by atoms with E-state index >= 15 is 0 Å². The van der Waals surface area contributed by atoms with Gasteiger partial charge in [-0.3, -0.25) is 0 Å². The lowest BCUT2D eigenvalue weighted by molar-refractivity contribution is 0.127. The number of aromatic nitrogens is 3. The Labute approximate surface area is 162 Å². The van der Waals surface area contributed by atoms with Gasteiger partial charge in [-0.1, -0.05) is 5.16 Å². The standard InChI is InChI=1S/C20H22FN5O2/c1-14-12-15(2)26(24-14)19-9-4-16(13-23-19)20(22)25-28-11-3-10-27-18-7-5-17(21)6-8-18/h4-9,12-13H,3,10-11H2,1-2H3,(H2,22,25). The summed E-state index contributed by atoms with van der Waals surface area (Å²) in [5, 5.41) is 8.30. The molecule has 8 heteroatoms. The zero-order valence-electron chi connectivity index (χ0n) is 15.8. The third-order valence-electron chi connectivity index (χ3n) is 3.90. The van der Waals surface area contributed by atoms with Gasteiger partial charge < -0.3 is 15.3 Å². The van der Waals surface area contributed by atoms with Gasteiger partial charge >= 0.3 is 0 Å². The number of ether oxygens (including phenoxy) is 1. The molecular weight excluding hydrogens is 361 g/mol. The van der Waals surface area contributed by atoms with Crippen molar-refractivity contribution in [3.05, 3.63) is 71.4 Å². The summed E-state index contributed by atoms with van der Waals surface area (Å²) in [6, 6.07) is 11.5. The molecule has 0 fully saturated rings. The summed E-state index contributed by atoms with van der Waals surface area (Å²) in [6.45, 7) is 4.68. The van der Waals surface area contributed by atoms with Crippen LogP contribution in [0.1, 0.15) is 23.4 Å². The van der Waals surface area contributed by atoms with Crippen LogP contribution in [0.5, 0.6) is 5.75 Å². The molecule has 0 saturated heterocycles. The topological polar surface area (TPSA) is 87.6 Å². The number of hydrogen-bond donors (Lipinski definition) is 1. The fourth-order valence-corrected chi connectivity index (χ4v) is 2.54. The maximum atomic E-state index is 12.8. The first-order valence-corrected chi connectivity index (χ1v) is 8.87. The quantitative estimate of drug-likeness (QED) is 0.279. The molecule has 146 valence electrons. The predicted molar refractivity (Wildman–Crippen MR) is 104 cm³/mol. The van der Waals surface area contributed by atoms with E-state index in [1.807, 2.05) is 32.0 Å². The zero-order chi connectivity index (χ0) is 19.9. The van der Waals surface area contributed by atoms with Crippen molar-refractivity contribution in [2.24, 2.45) is 10.9 Å². The third kappa shape index (κ3) is 5.06. The molecular formula is C20H22FN5O2. The van der Waals surface area contributed by atoms with Crippen LogP contribution in [0.25, 0.3) is 5.82 Å². The largest absolute Gasteiger partial charge is 0.493 e. The smallest absolute Gasteiger partial charge is 0.171 e. The van der Waals surface area contributed by atoms with Crippen LogP contribution in [0.15, 0.2) is 53.8 Å². The summed E-state index contributed by atoms with van der Waals surface area (Å²) in [6.07, 6.45) is 2.24. The molecule has 0 aliphatic rings. The van der Waals surface area contributed by atoms with Gasteiger partial charge in [0.1, 0.15) is 18.2 Å². The van der Waals surface area contributed by atoms with Crippen molar-refractivity contribution in [3.8, 4) is 11.6 Å². The number of amidine groups is 1. The molecule has 2 aromatic heterocycles. The van der Waals surface area contributed by atoms with E-state index in [9.17, 15) is 4.39 Å². The van der Waals surface area contributed by atoms with Gasteiger partial charge in [-0.15, -0.1) is 0 Å². The fourth-order valence-electron chi connectivity index (χ4n) is 2.54. The van der Waals surface area contributed by atoms with Gasteiger partial charge in [-0.05, 0) is 56.3 Å². The second-order valence-corrected chi connectivity index (χ2v) is 6.21. The van der Waals surface area contributed by atoms with Gasteiger partial charge in [0.2, 0.25) is 0 Å². The van der Waals surface area contributed by atoms with Crippen molar-refractivity contribution < 1.29 is 14.0 Å². The first-order valence-electron chi connectivity index (χ1n) is 8.87. The maximum absolute atomic E-state index is 12.8. The highest BCUT2D eigenvalue weighted by atomic mass is 19.1. The summed E-state index contributed by atoms with van der Waals surface area (Å²) in [5.41, 5.74) is 8.53. The molecule has 0 amide bonds. The Morgan fingerprint density at radius 3 is 2.57 bits per heavy atom. The van der Waals surface area contributed by atoms with E-state index < -0.39 is 0 Å². The molecule has 0 saturated carbocycles. The summed E-state index contributed by atoms with van der Waals surface area (Å²) in [7, 11) is 0. The highest BCUT2D eigenvalue weighted by molar-refractivity contribution is 5.96. The Bertz CT molecular complexity index is 936. The fraction of sp³-hybridized carbons (Fsp3) is 0.250. The zero-order valence-corrected chi connectivity index (χ0v) is 15.8. The molecule has 0 bridgehead atoms. The molecule has 0 atom stereocenters. The van der Waals surface area contributed by atoms with Gasteiger partial charge in [0, 0.05) is 23.9 Å². The van der Waals surface area contributed by atoms with Crippen molar-refractivity contribution in [2.75, 3.05) is 13.2 Å². The lowest BCUT2D eigenvalue weighted by Crippen LogP contribution is -2.15. The molecule has 2 N–H and O–H groups in total.